The van der Waals surface area contributed by atoms with Gasteiger partial charge in [-0.05, 0) is 49.3 Å². The minimum absolute atomic E-state index is 0.506. The Kier molecular flexibility index (Phi) is 5.59. The summed E-state index contributed by atoms with van der Waals surface area (Å²) >= 11 is 6.15. The molecule has 1 saturated carbocycles. The van der Waals surface area contributed by atoms with Crippen LogP contribution in [0.15, 0.2) is 18.2 Å². The maximum atomic E-state index is 6.15. The second-order valence-electron chi connectivity index (χ2n) is 6.04. The number of anilines is 1. The standard InChI is InChI=1S/C17H26ClNO/c1-4-10-20-16-9-8-14(18)11-15(16)19-17-12(2)6-5-7-13(17)3/h8-9,11-13,17,19H,4-7,10H2,1-3H3. The van der Waals surface area contributed by atoms with Gasteiger partial charge in [-0.3, -0.25) is 0 Å². The molecule has 3 heteroatoms. The van der Waals surface area contributed by atoms with Crippen molar-refractivity contribution < 1.29 is 4.74 Å². The van der Waals surface area contributed by atoms with Gasteiger partial charge in [0.25, 0.3) is 0 Å². The van der Waals surface area contributed by atoms with Gasteiger partial charge in [0.2, 0.25) is 0 Å². The third-order valence-electron chi connectivity index (χ3n) is 4.27. The highest BCUT2D eigenvalue weighted by atomic mass is 35.5. The summed E-state index contributed by atoms with van der Waals surface area (Å²) in [6, 6.07) is 6.36. The van der Waals surface area contributed by atoms with E-state index in [4.69, 9.17) is 16.3 Å². The highest BCUT2D eigenvalue weighted by Gasteiger charge is 2.28. The van der Waals surface area contributed by atoms with Crippen molar-refractivity contribution in [2.24, 2.45) is 11.8 Å². The van der Waals surface area contributed by atoms with E-state index in [1.807, 2.05) is 18.2 Å². The smallest absolute Gasteiger partial charge is 0.142 e. The molecule has 112 valence electrons. The summed E-state index contributed by atoms with van der Waals surface area (Å²) in [6.07, 6.45) is 4.95. The van der Waals surface area contributed by atoms with Crippen LogP contribution >= 0.6 is 11.6 Å². The van der Waals surface area contributed by atoms with Crippen LogP contribution in [0.3, 0.4) is 0 Å². The second kappa shape index (κ2) is 7.21. The molecule has 0 saturated heterocycles. The Morgan fingerprint density at radius 3 is 2.60 bits per heavy atom. The molecule has 2 rings (SSSR count). The first kappa shape index (κ1) is 15.5. The molecular weight excluding hydrogens is 270 g/mol. The Bertz CT molecular complexity index is 425. The van der Waals surface area contributed by atoms with Crippen molar-refractivity contribution in [2.75, 3.05) is 11.9 Å². The number of halogens is 1. The number of hydrogen-bond acceptors (Lipinski definition) is 2. The lowest BCUT2D eigenvalue weighted by atomic mass is 9.78. The quantitative estimate of drug-likeness (QED) is 0.789. The Balaban J connectivity index is 2.15. The zero-order valence-corrected chi connectivity index (χ0v) is 13.5. The summed E-state index contributed by atoms with van der Waals surface area (Å²) in [5.41, 5.74) is 1.04. The van der Waals surface area contributed by atoms with Crippen LogP contribution in [0.2, 0.25) is 5.02 Å². The van der Waals surface area contributed by atoms with Crippen molar-refractivity contribution in [2.45, 2.75) is 52.5 Å². The summed E-state index contributed by atoms with van der Waals surface area (Å²) < 4.78 is 5.83. The van der Waals surface area contributed by atoms with E-state index in [2.05, 4.69) is 26.1 Å². The number of hydrogen-bond donors (Lipinski definition) is 1. The van der Waals surface area contributed by atoms with Gasteiger partial charge in [0.15, 0.2) is 0 Å². The van der Waals surface area contributed by atoms with Gasteiger partial charge >= 0.3 is 0 Å². The molecule has 2 nitrogen and oxygen atoms in total. The lowest BCUT2D eigenvalue weighted by Crippen LogP contribution is -2.37. The van der Waals surface area contributed by atoms with Gasteiger partial charge in [-0.15, -0.1) is 0 Å². The van der Waals surface area contributed by atoms with E-state index in [1.54, 1.807) is 0 Å². The largest absolute Gasteiger partial charge is 0.491 e. The SMILES string of the molecule is CCCOc1ccc(Cl)cc1NC1C(C)CCCC1C. The van der Waals surface area contributed by atoms with Gasteiger partial charge in [0, 0.05) is 11.1 Å². The molecule has 0 spiro atoms. The topological polar surface area (TPSA) is 21.3 Å². The number of ether oxygens (including phenoxy) is 1. The highest BCUT2D eigenvalue weighted by molar-refractivity contribution is 6.30. The Hall–Kier alpha value is -0.890. The van der Waals surface area contributed by atoms with Gasteiger partial charge in [-0.2, -0.15) is 0 Å². The predicted octanol–water partition coefficient (Wildman–Crippen LogP) is 5.37. The predicted molar refractivity (Wildman–Crippen MR) is 86.8 cm³/mol. The maximum absolute atomic E-state index is 6.15. The third-order valence-corrected chi connectivity index (χ3v) is 4.51. The molecule has 1 aromatic rings. The van der Waals surface area contributed by atoms with Crippen LogP contribution in [-0.2, 0) is 0 Å². The van der Waals surface area contributed by atoms with Crippen molar-refractivity contribution in [1.82, 2.24) is 0 Å². The van der Waals surface area contributed by atoms with Gasteiger partial charge in [-0.25, -0.2) is 0 Å². The molecule has 2 unspecified atom stereocenters. The normalized spacial score (nSPS) is 26.3. The fraction of sp³-hybridized carbons (Fsp3) is 0.647. The fourth-order valence-electron chi connectivity index (χ4n) is 3.10. The van der Waals surface area contributed by atoms with Crippen molar-refractivity contribution in [3.63, 3.8) is 0 Å². The first-order valence-electron chi connectivity index (χ1n) is 7.80. The lowest BCUT2D eigenvalue weighted by Gasteiger charge is -2.36. The fourth-order valence-corrected chi connectivity index (χ4v) is 3.27. The number of nitrogens with one attached hydrogen (secondary N) is 1. The molecule has 0 aliphatic heterocycles. The van der Waals surface area contributed by atoms with Crippen LogP contribution in [0.5, 0.6) is 5.75 Å². The maximum Gasteiger partial charge on any atom is 0.142 e. The van der Waals surface area contributed by atoms with Crippen molar-refractivity contribution >= 4 is 17.3 Å². The summed E-state index contributed by atoms with van der Waals surface area (Å²) in [5, 5.41) is 4.45. The van der Waals surface area contributed by atoms with E-state index in [0.29, 0.717) is 17.9 Å². The Morgan fingerprint density at radius 2 is 1.95 bits per heavy atom. The average Bonchev–Trinajstić information content (AvgIpc) is 2.42. The van der Waals surface area contributed by atoms with Crippen LogP contribution in [0.25, 0.3) is 0 Å². The second-order valence-corrected chi connectivity index (χ2v) is 6.48. The monoisotopic (exact) mass is 295 g/mol. The highest BCUT2D eigenvalue weighted by Crippen LogP contribution is 2.35. The van der Waals surface area contributed by atoms with Gasteiger partial charge in [-0.1, -0.05) is 38.8 Å². The Labute approximate surface area is 127 Å². The number of rotatable bonds is 5. The van der Waals surface area contributed by atoms with Crippen LogP contribution < -0.4 is 10.1 Å². The van der Waals surface area contributed by atoms with E-state index in [-0.39, 0.29) is 0 Å². The molecule has 1 aliphatic carbocycles. The zero-order valence-electron chi connectivity index (χ0n) is 12.8. The van der Waals surface area contributed by atoms with Crippen LogP contribution in [0, 0.1) is 11.8 Å². The Morgan fingerprint density at radius 1 is 1.25 bits per heavy atom. The molecule has 0 aromatic heterocycles. The summed E-state index contributed by atoms with van der Waals surface area (Å²) in [7, 11) is 0. The minimum Gasteiger partial charge on any atom is -0.491 e. The molecule has 0 radical (unpaired) electrons. The van der Waals surface area contributed by atoms with Gasteiger partial charge < -0.3 is 10.1 Å². The van der Waals surface area contributed by atoms with E-state index >= 15 is 0 Å². The summed E-state index contributed by atoms with van der Waals surface area (Å²) in [5.74, 6) is 2.30. The first-order chi connectivity index (χ1) is 9.61. The molecule has 1 aromatic carbocycles. The van der Waals surface area contributed by atoms with E-state index in [1.165, 1.54) is 19.3 Å². The van der Waals surface area contributed by atoms with Gasteiger partial charge in [0.05, 0.1) is 12.3 Å². The third kappa shape index (κ3) is 3.82. The molecule has 1 aliphatic rings. The van der Waals surface area contributed by atoms with E-state index in [0.717, 1.165) is 29.5 Å². The first-order valence-corrected chi connectivity index (χ1v) is 8.18. The zero-order chi connectivity index (χ0) is 14.5. The van der Waals surface area contributed by atoms with Crippen molar-refractivity contribution in [3.05, 3.63) is 23.2 Å². The van der Waals surface area contributed by atoms with Crippen LogP contribution in [-0.4, -0.2) is 12.6 Å². The molecule has 1 fully saturated rings. The molecule has 0 amide bonds. The summed E-state index contributed by atoms with van der Waals surface area (Å²) in [4.78, 5) is 0. The minimum atomic E-state index is 0.506. The average molecular weight is 296 g/mol. The van der Waals surface area contributed by atoms with Crippen LogP contribution in [0.4, 0.5) is 5.69 Å². The summed E-state index contributed by atoms with van der Waals surface area (Å²) in [6.45, 7) is 7.54. The van der Waals surface area contributed by atoms with E-state index in [9.17, 15) is 0 Å². The lowest BCUT2D eigenvalue weighted by molar-refractivity contribution is 0.266. The van der Waals surface area contributed by atoms with E-state index < -0.39 is 0 Å². The van der Waals surface area contributed by atoms with Crippen molar-refractivity contribution in [1.29, 1.82) is 0 Å². The molecule has 2 atom stereocenters. The molecular formula is C17H26ClNO. The van der Waals surface area contributed by atoms with Gasteiger partial charge in [0.1, 0.15) is 5.75 Å². The molecule has 0 bridgehead atoms. The van der Waals surface area contributed by atoms with Crippen molar-refractivity contribution in [3.8, 4) is 5.75 Å². The molecule has 1 N–H and O–H groups in total. The number of benzene rings is 1. The molecule has 20 heavy (non-hydrogen) atoms. The van der Waals surface area contributed by atoms with Crippen LogP contribution in [0.1, 0.15) is 46.5 Å². The molecule has 0 heterocycles.